The Labute approximate surface area is 199 Å². The highest BCUT2D eigenvalue weighted by atomic mass is 32.1. The average Bonchev–Trinajstić information content (AvgIpc) is 3.14. The van der Waals surface area contributed by atoms with Gasteiger partial charge in [0.25, 0.3) is 0 Å². The molecule has 3 aromatic carbocycles. The molecular weight excluding hydrogens is 424 g/mol. The first kappa shape index (κ1) is 20.5. The third-order valence-electron chi connectivity index (χ3n) is 6.67. The van der Waals surface area contributed by atoms with Crippen LogP contribution in [0.15, 0.2) is 77.8 Å². The highest BCUT2D eigenvalue weighted by molar-refractivity contribution is 7.16. The van der Waals surface area contributed by atoms with E-state index in [-0.39, 0.29) is 0 Å². The topological polar surface area (TPSA) is 39.7 Å². The molecule has 1 aromatic heterocycles. The maximum Gasteiger partial charge on any atom is 0.139 e. The minimum Gasteiger partial charge on any atom is -0.353 e. The standard InChI is InChI=1S/C28H28N4S/c1-19-17-24-27(30-25-11-4-5-12-26(25)31-28(24)33-19)32-16-15-29-22(18-32)14-13-21-9-6-8-20-7-2-3-10-23(20)21/h2-12,17,22,29,31H,13-16,18H2,1H3. The Balaban J connectivity index is 1.25. The molecule has 0 aliphatic carbocycles. The molecule has 4 nitrogen and oxygen atoms in total. The molecule has 0 bridgehead atoms. The normalized spacial score (nSPS) is 17.7. The molecule has 33 heavy (non-hydrogen) atoms. The summed E-state index contributed by atoms with van der Waals surface area (Å²) in [6, 6.07) is 26.5. The molecule has 4 aromatic rings. The second kappa shape index (κ2) is 8.65. The molecule has 166 valence electrons. The lowest BCUT2D eigenvalue weighted by atomic mass is 9.98. The van der Waals surface area contributed by atoms with Gasteiger partial charge in [0.2, 0.25) is 0 Å². The van der Waals surface area contributed by atoms with Gasteiger partial charge in [0.1, 0.15) is 10.8 Å². The van der Waals surface area contributed by atoms with Crippen LogP contribution in [0.5, 0.6) is 0 Å². The molecule has 3 heterocycles. The van der Waals surface area contributed by atoms with Crippen molar-refractivity contribution in [3.05, 3.63) is 88.8 Å². The van der Waals surface area contributed by atoms with E-state index < -0.39 is 0 Å². The number of rotatable bonds is 3. The molecule has 0 amide bonds. The lowest BCUT2D eigenvalue weighted by molar-refractivity contribution is 0.282. The number of aliphatic imine (C=N–C) groups is 1. The molecule has 1 saturated heterocycles. The average molecular weight is 453 g/mol. The van der Waals surface area contributed by atoms with Crippen LogP contribution in [0.4, 0.5) is 16.4 Å². The zero-order valence-corrected chi connectivity index (χ0v) is 19.7. The van der Waals surface area contributed by atoms with Crippen molar-refractivity contribution in [3.63, 3.8) is 0 Å². The van der Waals surface area contributed by atoms with Crippen molar-refractivity contribution >= 4 is 44.3 Å². The SMILES string of the molecule is Cc1cc2c(s1)Nc1ccccc1N=C2N1CCNC(CCc2cccc3ccccc23)C1. The van der Waals surface area contributed by atoms with Crippen molar-refractivity contribution in [2.45, 2.75) is 25.8 Å². The maximum atomic E-state index is 5.17. The second-order valence-electron chi connectivity index (χ2n) is 8.95. The van der Waals surface area contributed by atoms with Gasteiger partial charge in [-0.05, 0) is 54.3 Å². The van der Waals surface area contributed by atoms with E-state index in [9.17, 15) is 0 Å². The molecule has 2 aliphatic heterocycles. The Morgan fingerprint density at radius 2 is 1.88 bits per heavy atom. The van der Waals surface area contributed by atoms with Crippen molar-refractivity contribution < 1.29 is 0 Å². The number of thiophene rings is 1. The van der Waals surface area contributed by atoms with E-state index in [4.69, 9.17) is 4.99 Å². The first-order chi connectivity index (χ1) is 16.2. The second-order valence-corrected chi connectivity index (χ2v) is 10.2. The van der Waals surface area contributed by atoms with Crippen LogP contribution in [0.2, 0.25) is 0 Å². The first-order valence-electron chi connectivity index (χ1n) is 11.7. The summed E-state index contributed by atoms with van der Waals surface area (Å²) in [5, 5.41) is 11.3. The summed E-state index contributed by atoms with van der Waals surface area (Å²) in [6.45, 7) is 5.10. The molecule has 6 rings (SSSR count). The molecule has 2 N–H and O–H groups in total. The van der Waals surface area contributed by atoms with Gasteiger partial charge in [-0.3, -0.25) is 0 Å². The lowest BCUT2D eigenvalue weighted by Crippen LogP contribution is -2.52. The van der Waals surface area contributed by atoms with Crippen LogP contribution in [0.25, 0.3) is 10.8 Å². The zero-order valence-electron chi connectivity index (χ0n) is 18.8. The smallest absolute Gasteiger partial charge is 0.139 e. The Hall–Kier alpha value is -3.15. The summed E-state index contributed by atoms with van der Waals surface area (Å²) in [5.74, 6) is 1.10. The third kappa shape index (κ3) is 4.03. The van der Waals surface area contributed by atoms with Crippen molar-refractivity contribution in [3.8, 4) is 0 Å². The fraction of sp³-hybridized carbons (Fsp3) is 0.250. The van der Waals surface area contributed by atoms with E-state index in [0.717, 1.165) is 49.7 Å². The first-order valence-corrected chi connectivity index (χ1v) is 12.6. The molecule has 0 radical (unpaired) electrons. The summed E-state index contributed by atoms with van der Waals surface area (Å²) < 4.78 is 0. The van der Waals surface area contributed by atoms with Gasteiger partial charge >= 0.3 is 0 Å². The van der Waals surface area contributed by atoms with Gasteiger partial charge < -0.3 is 15.5 Å². The number of nitrogens with zero attached hydrogens (tertiary/aromatic N) is 2. The van der Waals surface area contributed by atoms with Gasteiger partial charge in [0.15, 0.2) is 0 Å². The number of amidine groups is 1. The molecule has 0 spiro atoms. The molecule has 5 heteroatoms. The number of anilines is 2. The summed E-state index contributed by atoms with van der Waals surface area (Å²) in [6.07, 6.45) is 2.19. The molecular formula is C28H28N4S. The Morgan fingerprint density at radius 1 is 1.03 bits per heavy atom. The Kier molecular flexibility index (Phi) is 5.36. The number of piperazine rings is 1. The van der Waals surface area contributed by atoms with Crippen molar-refractivity contribution in [1.29, 1.82) is 0 Å². The predicted molar refractivity (Wildman–Crippen MR) is 141 cm³/mol. The van der Waals surface area contributed by atoms with Gasteiger partial charge in [-0.1, -0.05) is 54.6 Å². The van der Waals surface area contributed by atoms with Gasteiger partial charge in [0, 0.05) is 30.6 Å². The molecule has 1 unspecified atom stereocenters. The zero-order chi connectivity index (χ0) is 22.2. The lowest BCUT2D eigenvalue weighted by Gasteiger charge is -2.36. The summed E-state index contributed by atoms with van der Waals surface area (Å²) >= 11 is 1.81. The Morgan fingerprint density at radius 3 is 2.85 bits per heavy atom. The number of hydrogen-bond acceptors (Lipinski definition) is 5. The highest BCUT2D eigenvalue weighted by Crippen LogP contribution is 2.39. The number of aryl methyl sites for hydroxylation is 2. The Bertz CT molecular complexity index is 1330. The van der Waals surface area contributed by atoms with E-state index in [0.29, 0.717) is 6.04 Å². The molecule has 1 fully saturated rings. The molecule has 2 aliphatic rings. The van der Waals surface area contributed by atoms with Gasteiger partial charge in [-0.15, -0.1) is 11.3 Å². The van der Waals surface area contributed by atoms with Crippen LogP contribution in [0.3, 0.4) is 0 Å². The van der Waals surface area contributed by atoms with Crippen LogP contribution in [-0.4, -0.2) is 36.4 Å². The van der Waals surface area contributed by atoms with Crippen molar-refractivity contribution in [1.82, 2.24) is 10.2 Å². The number of para-hydroxylation sites is 2. The van der Waals surface area contributed by atoms with Gasteiger partial charge in [0.05, 0.1) is 16.9 Å². The summed E-state index contributed by atoms with van der Waals surface area (Å²) in [7, 11) is 0. The minimum absolute atomic E-state index is 0.440. The summed E-state index contributed by atoms with van der Waals surface area (Å²) in [4.78, 5) is 8.96. The highest BCUT2D eigenvalue weighted by Gasteiger charge is 2.27. The van der Waals surface area contributed by atoms with Crippen molar-refractivity contribution in [2.75, 3.05) is 25.0 Å². The maximum absolute atomic E-state index is 5.17. The number of fused-ring (bicyclic) bond motifs is 3. The number of benzene rings is 3. The minimum atomic E-state index is 0.440. The van der Waals surface area contributed by atoms with Crippen LogP contribution in [0, 0.1) is 6.92 Å². The predicted octanol–water partition coefficient (Wildman–Crippen LogP) is 6.25. The number of nitrogens with one attached hydrogen (secondary N) is 2. The molecule has 1 atom stereocenters. The quantitative estimate of drug-likeness (QED) is 0.386. The largest absolute Gasteiger partial charge is 0.353 e. The van der Waals surface area contributed by atoms with E-state index in [1.165, 1.54) is 31.8 Å². The summed E-state index contributed by atoms with van der Waals surface area (Å²) in [5.41, 5.74) is 4.76. The van der Waals surface area contributed by atoms with E-state index >= 15 is 0 Å². The van der Waals surface area contributed by atoms with Crippen LogP contribution >= 0.6 is 11.3 Å². The van der Waals surface area contributed by atoms with E-state index in [2.05, 4.69) is 95.3 Å². The number of hydrogen-bond donors (Lipinski definition) is 2. The molecule has 0 saturated carbocycles. The van der Waals surface area contributed by atoms with Crippen LogP contribution < -0.4 is 10.6 Å². The monoisotopic (exact) mass is 452 g/mol. The van der Waals surface area contributed by atoms with E-state index in [1.54, 1.807) is 0 Å². The fourth-order valence-corrected chi connectivity index (χ4v) is 5.96. The van der Waals surface area contributed by atoms with Crippen molar-refractivity contribution in [2.24, 2.45) is 4.99 Å². The van der Waals surface area contributed by atoms with Crippen LogP contribution in [0.1, 0.15) is 22.4 Å². The van der Waals surface area contributed by atoms with Crippen LogP contribution in [-0.2, 0) is 6.42 Å². The third-order valence-corrected chi connectivity index (χ3v) is 7.64. The fourth-order valence-electron chi connectivity index (χ4n) is 5.04. The van der Waals surface area contributed by atoms with Gasteiger partial charge in [-0.2, -0.15) is 0 Å². The van der Waals surface area contributed by atoms with Gasteiger partial charge in [-0.25, -0.2) is 4.99 Å². The van der Waals surface area contributed by atoms with E-state index in [1.807, 2.05) is 11.3 Å².